The molecule has 0 aromatic heterocycles. The predicted molar refractivity (Wildman–Crippen MR) is 105 cm³/mol. The van der Waals surface area contributed by atoms with Gasteiger partial charge < -0.3 is 25.4 Å². The van der Waals surface area contributed by atoms with Crippen LogP contribution in [-0.2, 0) is 4.79 Å². The Morgan fingerprint density at radius 1 is 0.786 bits per heavy atom. The van der Waals surface area contributed by atoms with Gasteiger partial charge in [0.05, 0.1) is 14.2 Å². The van der Waals surface area contributed by atoms with Crippen LogP contribution in [0.15, 0.2) is 42.5 Å². The summed E-state index contributed by atoms with van der Waals surface area (Å²) in [7, 11) is 3.02. The number of hydrogen-bond donors (Lipinski definition) is 3. The Labute approximate surface area is 163 Å². The van der Waals surface area contributed by atoms with E-state index in [9.17, 15) is 14.4 Å². The Morgan fingerprint density at radius 3 is 1.75 bits per heavy atom. The van der Waals surface area contributed by atoms with Gasteiger partial charge in [0.25, 0.3) is 11.8 Å². The Morgan fingerprint density at radius 2 is 1.29 bits per heavy atom. The number of rotatable bonds is 8. The zero-order valence-corrected chi connectivity index (χ0v) is 16.0. The van der Waals surface area contributed by atoms with Gasteiger partial charge in [0.15, 0.2) is 0 Å². The van der Waals surface area contributed by atoms with Crippen molar-refractivity contribution in [3.05, 3.63) is 53.6 Å². The van der Waals surface area contributed by atoms with Crippen LogP contribution in [0.25, 0.3) is 0 Å². The van der Waals surface area contributed by atoms with Crippen molar-refractivity contribution in [1.82, 2.24) is 10.6 Å². The highest BCUT2D eigenvalue weighted by atomic mass is 16.5. The fourth-order valence-electron chi connectivity index (χ4n) is 2.40. The van der Waals surface area contributed by atoms with E-state index in [1.54, 1.807) is 42.5 Å². The molecule has 0 radical (unpaired) electrons. The van der Waals surface area contributed by atoms with Gasteiger partial charge in [-0.05, 0) is 36.4 Å². The monoisotopic (exact) mass is 385 g/mol. The van der Waals surface area contributed by atoms with E-state index in [2.05, 4.69) is 16.0 Å². The second-order valence-electron chi connectivity index (χ2n) is 5.87. The molecule has 28 heavy (non-hydrogen) atoms. The van der Waals surface area contributed by atoms with Crippen molar-refractivity contribution in [2.45, 2.75) is 6.92 Å². The van der Waals surface area contributed by atoms with Crippen molar-refractivity contribution < 1.29 is 23.9 Å². The lowest BCUT2D eigenvalue weighted by atomic mass is 10.2. The lowest BCUT2D eigenvalue weighted by Crippen LogP contribution is -2.34. The summed E-state index contributed by atoms with van der Waals surface area (Å²) in [6.45, 7) is 1.93. The van der Waals surface area contributed by atoms with Gasteiger partial charge in [0, 0.05) is 42.9 Å². The minimum Gasteiger partial charge on any atom is -0.497 e. The average molecular weight is 385 g/mol. The van der Waals surface area contributed by atoms with Gasteiger partial charge in [0.2, 0.25) is 5.91 Å². The van der Waals surface area contributed by atoms with Crippen LogP contribution >= 0.6 is 0 Å². The number of carbonyl (C=O) groups is 3. The number of carbonyl (C=O) groups excluding carboxylic acids is 3. The lowest BCUT2D eigenvalue weighted by molar-refractivity contribution is -0.114. The molecular weight excluding hydrogens is 362 g/mol. The molecule has 0 atom stereocenters. The van der Waals surface area contributed by atoms with E-state index < -0.39 is 0 Å². The van der Waals surface area contributed by atoms with E-state index in [-0.39, 0.29) is 30.8 Å². The molecule has 2 aromatic rings. The van der Waals surface area contributed by atoms with Crippen LogP contribution in [0.1, 0.15) is 27.6 Å². The average Bonchev–Trinajstić information content (AvgIpc) is 2.70. The van der Waals surface area contributed by atoms with Gasteiger partial charge in [-0.25, -0.2) is 0 Å². The molecule has 0 heterocycles. The second-order valence-corrected chi connectivity index (χ2v) is 5.87. The van der Waals surface area contributed by atoms with Gasteiger partial charge in [-0.2, -0.15) is 0 Å². The van der Waals surface area contributed by atoms with Crippen molar-refractivity contribution in [3.8, 4) is 11.5 Å². The highest BCUT2D eigenvalue weighted by molar-refractivity contribution is 5.96. The highest BCUT2D eigenvalue weighted by Gasteiger charge is 2.10. The van der Waals surface area contributed by atoms with Crippen molar-refractivity contribution in [2.24, 2.45) is 0 Å². The predicted octanol–water partition coefficient (Wildman–Crippen LogP) is 1.82. The third-order valence-corrected chi connectivity index (χ3v) is 3.78. The first kappa shape index (κ1) is 20.8. The molecule has 0 aliphatic carbocycles. The lowest BCUT2D eigenvalue weighted by Gasteiger charge is -2.10. The first-order valence-electron chi connectivity index (χ1n) is 8.60. The molecule has 0 fully saturated rings. The standard InChI is InChI=1S/C20H23N3O5/c1-13(24)23-16-6-4-14(5-7-16)19(25)21-8-9-22-20(26)15-10-17(27-2)12-18(11-15)28-3/h4-7,10-12H,8-9H2,1-3H3,(H,21,25)(H,22,26)(H,23,24). The summed E-state index contributed by atoms with van der Waals surface area (Å²) in [5.74, 6) is 0.278. The molecule has 0 aliphatic rings. The summed E-state index contributed by atoms with van der Waals surface area (Å²) in [6, 6.07) is 11.4. The molecule has 3 amide bonds. The zero-order chi connectivity index (χ0) is 20.5. The van der Waals surface area contributed by atoms with Crippen LogP contribution in [-0.4, -0.2) is 45.0 Å². The normalized spacial score (nSPS) is 9.96. The van der Waals surface area contributed by atoms with Gasteiger partial charge in [-0.1, -0.05) is 0 Å². The number of hydrogen-bond acceptors (Lipinski definition) is 5. The summed E-state index contributed by atoms with van der Waals surface area (Å²) < 4.78 is 10.3. The minimum absolute atomic E-state index is 0.179. The largest absolute Gasteiger partial charge is 0.497 e. The SMILES string of the molecule is COc1cc(OC)cc(C(=O)NCCNC(=O)c2ccc(NC(C)=O)cc2)c1. The Kier molecular flexibility index (Phi) is 7.38. The Bertz CT molecular complexity index is 827. The molecule has 0 saturated heterocycles. The van der Waals surface area contributed by atoms with Gasteiger partial charge in [-0.3, -0.25) is 14.4 Å². The molecule has 8 nitrogen and oxygen atoms in total. The number of amides is 3. The Balaban J connectivity index is 1.82. The van der Waals surface area contributed by atoms with Gasteiger partial charge in [-0.15, -0.1) is 0 Å². The summed E-state index contributed by atoms with van der Waals surface area (Å²) in [5.41, 5.74) is 1.47. The number of ether oxygens (including phenoxy) is 2. The van der Waals surface area contributed by atoms with Crippen molar-refractivity contribution in [1.29, 1.82) is 0 Å². The Hall–Kier alpha value is -3.55. The maximum absolute atomic E-state index is 12.3. The molecule has 0 spiro atoms. The van der Waals surface area contributed by atoms with Crippen LogP contribution in [0.4, 0.5) is 5.69 Å². The van der Waals surface area contributed by atoms with E-state index in [1.807, 2.05) is 0 Å². The summed E-state index contributed by atoms with van der Waals surface area (Å²) in [6.07, 6.45) is 0. The van der Waals surface area contributed by atoms with Crippen LogP contribution in [0.2, 0.25) is 0 Å². The van der Waals surface area contributed by atoms with E-state index in [0.29, 0.717) is 28.3 Å². The number of anilines is 1. The number of nitrogens with one attached hydrogen (secondary N) is 3. The zero-order valence-electron chi connectivity index (χ0n) is 16.0. The quantitative estimate of drug-likeness (QED) is 0.601. The fraction of sp³-hybridized carbons (Fsp3) is 0.250. The van der Waals surface area contributed by atoms with Crippen LogP contribution in [0.5, 0.6) is 11.5 Å². The molecule has 0 unspecified atom stereocenters. The van der Waals surface area contributed by atoms with Crippen LogP contribution in [0, 0.1) is 0 Å². The van der Waals surface area contributed by atoms with Crippen LogP contribution in [0.3, 0.4) is 0 Å². The highest BCUT2D eigenvalue weighted by Crippen LogP contribution is 2.22. The molecule has 2 aromatic carbocycles. The molecule has 0 bridgehead atoms. The second kappa shape index (κ2) is 9.96. The minimum atomic E-state index is -0.300. The molecular formula is C20H23N3O5. The van der Waals surface area contributed by atoms with Gasteiger partial charge >= 0.3 is 0 Å². The number of methoxy groups -OCH3 is 2. The number of benzene rings is 2. The van der Waals surface area contributed by atoms with Gasteiger partial charge in [0.1, 0.15) is 11.5 Å². The van der Waals surface area contributed by atoms with Crippen molar-refractivity contribution in [3.63, 3.8) is 0 Å². The van der Waals surface area contributed by atoms with E-state index >= 15 is 0 Å². The molecule has 148 valence electrons. The molecule has 2 rings (SSSR count). The topological polar surface area (TPSA) is 106 Å². The first-order valence-corrected chi connectivity index (χ1v) is 8.60. The van der Waals surface area contributed by atoms with E-state index in [0.717, 1.165) is 0 Å². The molecule has 3 N–H and O–H groups in total. The molecule has 8 heteroatoms. The van der Waals surface area contributed by atoms with Crippen molar-refractivity contribution >= 4 is 23.4 Å². The maximum atomic E-state index is 12.3. The maximum Gasteiger partial charge on any atom is 0.251 e. The summed E-state index contributed by atoms with van der Waals surface area (Å²) >= 11 is 0. The third-order valence-electron chi connectivity index (χ3n) is 3.78. The van der Waals surface area contributed by atoms with Crippen molar-refractivity contribution in [2.75, 3.05) is 32.6 Å². The van der Waals surface area contributed by atoms with Crippen LogP contribution < -0.4 is 25.4 Å². The fourth-order valence-corrected chi connectivity index (χ4v) is 2.40. The summed E-state index contributed by atoms with van der Waals surface area (Å²) in [4.78, 5) is 35.4. The van der Waals surface area contributed by atoms with E-state index in [1.165, 1.54) is 21.1 Å². The first-order chi connectivity index (χ1) is 13.4. The molecule has 0 aliphatic heterocycles. The third kappa shape index (κ3) is 6.01. The summed E-state index contributed by atoms with van der Waals surface area (Å²) in [5, 5.41) is 8.08. The molecule has 0 saturated carbocycles. The smallest absolute Gasteiger partial charge is 0.251 e. The van der Waals surface area contributed by atoms with E-state index in [4.69, 9.17) is 9.47 Å².